The maximum atomic E-state index is 12.4. The Kier molecular flexibility index (Phi) is 5.25. The Balaban J connectivity index is 3.37. The summed E-state index contributed by atoms with van der Waals surface area (Å²) in [6.45, 7) is 3.55. The van der Waals surface area contributed by atoms with Gasteiger partial charge in [0.1, 0.15) is 4.90 Å². The molecule has 108 valence electrons. The van der Waals surface area contributed by atoms with Gasteiger partial charge >= 0.3 is 0 Å². The van der Waals surface area contributed by atoms with Gasteiger partial charge in [0.2, 0.25) is 10.0 Å². The molecule has 19 heavy (non-hydrogen) atoms. The fourth-order valence-corrected chi connectivity index (χ4v) is 4.20. The smallest absolute Gasteiger partial charge is 0.244 e. The lowest BCUT2D eigenvalue weighted by molar-refractivity contribution is 0.397. The Labute approximate surface area is 126 Å². The van der Waals surface area contributed by atoms with Crippen molar-refractivity contribution in [1.82, 2.24) is 4.72 Å². The summed E-state index contributed by atoms with van der Waals surface area (Å²) in [6.07, 6.45) is 0. The van der Waals surface area contributed by atoms with Crippen LogP contribution in [0.1, 0.15) is 13.8 Å². The molecule has 0 heterocycles. The van der Waals surface area contributed by atoms with Gasteiger partial charge in [0.25, 0.3) is 0 Å². The van der Waals surface area contributed by atoms with Gasteiger partial charge in [-0.1, -0.05) is 11.6 Å². The van der Waals surface area contributed by atoms with Crippen molar-refractivity contribution in [2.24, 2.45) is 5.73 Å². The van der Waals surface area contributed by atoms with Gasteiger partial charge in [-0.15, -0.1) is 0 Å². The van der Waals surface area contributed by atoms with E-state index in [1.165, 1.54) is 13.2 Å². The van der Waals surface area contributed by atoms with E-state index in [4.69, 9.17) is 22.1 Å². The molecule has 8 heteroatoms. The molecular formula is C11H16BrClN2O3S. The van der Waals surface area contributed by atoms with E-state index in [0.717, 1.165) is 0 Å². The predicted octanol–water partition coefficient (Wildman–Crippen LogP) is 2.13. The van der Waals surface area contributed by atoms with Gasteiger partial charge < -0.3 is 10.5 Å². The minimum absolute atomic E-state index is 0.0316. The zero-order valence-electron chi connectivity index (χ0n) is 10.8. The fourth-order valence-electron chi connectivity index (χ4n) is 1.39. The zero-order chi connectivity index (χ0) is 14.8. The molecule has 0 saturated heterocycles. The SMILES string of the molecule is COc1c(Br)cc(Cl)cc1S(=O)(=O)NC(C)(C)CN. The summed E-state index contributed by atoms with van der Waals surface area (Å²) in [7, 11) is -2.40. The minimum Gasteiger partial charge on any atom is -0.494 e. The first-order chi connectivity index (χ1) is 8.63. The number of nitrogens with one attached hydrogen (secondary N) is 1. The van der Waals surface area contributed by atoms with E-state index < -0.39 is 15.6 Å². The highest BCUT2D eigenvalue weighted by Gasteiger charge is 2.28. The van der Waals surface area contributed by atoms with Crippen LogP contribution in [0.5, 0.6) is 5.75 Å². The van der Waals surface area contributed by atoms with Gasteiger partial charge in [0.15, 0.2) is 5.75 Å². The average molecular weight is 372 g/mol. The summed E-state index contributed by atoms with van der Waals surface area (Å²) >= 11 is 9.11. The maximum Gasteiger partial charge on any atom is 0.244 e. The van der Waals surface area contributed by atoms with Crippen LogP contribution in [0.2, 0.25) is 5.02 Å². The molecule has 0 aliphatic heterocycles. The van der Waals surface area contributed by atoms with Crippen molar-refractivity contribution >= 4 is 37.6 Å². The molecular weight excluding hydrogens is 356 g/mol. The van der Waals surface area contributed by atoms with Crippen molar-refractivity contribution in [1.29, 1.82) is 0 Å². The number of sulfonamides is 1. The Morgan fingerprint density at radius 2 is 2.05 bits per heavy atom. The van der Waals surface area contributed by atoms with Crippen LogP contribution in [0.25, 0.3) is 0 Å². The second kappa shape index (κ2) is 5.97. The number of ether oxygens (including phenoxy) is 1. The lowest BCUT2D eigenvalue weighted by Crippen LogP contribution is -2.48. The van der Waals surface area contributed by atoms with E-state index >= 15 is 0 Å². The fraction of sp³-hybridized carbons (Fsp3) is 0.455. The van der Waals surface area contributed by atoms with E-state index in [1.807, 2.05) is 0 Å². The summed E-state index contributed by atoms with van der Waals surface area (Å²) in [5, 5.41) is 0.290. The monoisotopic (exact) mass is 370 g/mol. The van der Waals surface area contributed by atoms with Crippen LogP contribution in [0.4, 0.5) is 0 Å². The Hall–Kier alpha value is -0.340. The normalized spacial score (nSPS) is 12.5. The lowest BCUT2D eigenvalue weighted by Gasteiger charge is -2.24. The highest BCUT2D eigenvalue weighted by atomic mass is 79.9. The van der Waals surface area contributed by atoms with Crippen molar-refractivity contribution in [2.45, 2.75) is 24.3 Å². The minimum atomic E-state index is -3.79. The second-order valence-electron chi connectivity index (χ2n) is 4.61. The highest BCUT2D eigenvalue weighted by Crippen LogP contribution is 2.35. The standard InChI is InChI=1S/C11H16BrClN2O3S/c1-11(2,6-14)15-19(16,17)9-5-7(13)4-8(12)10(9)18-3/h4-5,15H,6,14H2,1-3H3. The number of hydrogen-bond donors (Lipinski definition) is 2. The summed E-state index contributed by atoms with van der Waals surface area (Å²) in [6, 6.07) is 2.90. The molecule has 3 N–H and O–H groups in total. The molecule has 0 atom stereocenters. The maximum absolute atomic E-state index is 12.4. The molecule has 1 aromatic carbocycles. The van der Waals surface area contributed by atoms with Crippen LogP contribution >= 0.6 is 27.5 Å². The summed E-state index contributed by atoms with van der Waals surface area (Å²) in [5.74, 6) is 0.199. The zero-order valence-corrected chi connectivity index (χ0v) is 14.0. The van der Waals surface area contributed by atoms with Crippen LogP contribution in [0, 0.1) is 0 Å². The van der Waals surface area contributed by atoms with E-state index in [9.17, 15) is 8.42 Å². The average Bonchev–Trinajstić information content (AvgIpc) is 2.27. The summed E-state index contributed by atoms with van der Waals surface area (Å²) < 4.78 is 32.8. The molecule has 1 rings (SSSR count). The first-order valence-corrected chi connectivity index (χ1v) is 8.05. The molecule has 0 unspecified atom stereocenters. The van der Waals surface area contributed by atoms with Gasteiger partial charge in [-0.2, -0.15) is 0 Å². The molecule has 0 aliphatic carbocycles. The summed E-state index contributed by atoms with van der Waals surface area (Å²) in [4.78, 5) is -0.0316. The van der Waals surface area contributed by atoms with E-state index in [1.54, 1.807) is 19.9 Å². The molecule has 0 radical (unpaired) electrons. The van der Waals surface area contributed by atoms with Crippen LogP contribution < -0.4 is 15.2 Å². The van der Waals surface area contributed by atoms with Gasteiger partial charge in [0, 0.05) is 17.1 Å². The highest BCUT2D eigenvalue weighted by molar-refractivity contribution is 9.10. The van der Waals surface area contributed by atoms with Crippen molar-refractivity contribution < 1.29 is 13.2 Å². The molecule has 5 nitrogen and oxygen atoms in total. The molecule has 0 fully saturated rings. The molecule has 0 amide bonds. The second-order valence-corrected chi connectivity index (χ2v) is 7.55. The third kappa shape index (κ3) is 4.06. The molecule has 0 saturated carbocycles. The first-order valence-electron chi connectivity index (χ1n) is 5.40. The summed E-state index contributed by atoms with van der Waals surface area (Å²) in [5.41, 5.74) is 4.76. The molecule has 0 spiro atoms. The van der Waals surface area contributed by atoms with Crippen molar-refractivity contribution in [3.05, 3.63) is 21.6 Å². The van der Waals surface area contributed by atoms with Gasteiger partial charge in [0.05, 0.1) is 11.6 Å². The largest absolute Gasteiger partial charge is 0.494 e. The van der Waals surface area contributed by atoms with Crippen molar-refractivity contribution in [3.8, 4) is 5.75 Å². The van der Waals surface area contributed by atoms with Gasteiger partial charge in [-0.05, 0) is 41.9 Å². The Bertz CT molecular complexity index is 576. The third-order valence-electron chi connectivity index (χ3n) is 2.39. The number of benzene rings is 1. The predicted molar refractivity (Wildman–Crippen MR) is 79.2 cm³/mol. The first kappa shape index (κ1) is 16.7. The van der Waals surface area contributed by atoms with E-state index in [2.05, 4.69) is 20.7 Å². The Morgan fingerprint density at radius 1 is 1.47 bits per heavy atom. The molecule has 0 aromatic heterocycles. The number of hydrogen-bond acceptors (Lipinski definition) is 4. The van der Waals surface area contributed by atoms with E-state index in [0.29, 0.717) is 9.50 Å². The molecule has 1 aromatic rings. The number of halogens is 2. The van der Waals surface area contributed by atoms with E-state index in [-0.39, 0.29) is 17.2 Å². The quantitative estimate of drug-likeness (QED) is 0.831. The topological polar surface area (TPSA) is 81.4 Å². The van der Waals surface area contributed by atoms with Crippen molar-refractivity contribution in [3.63, 3.8) is 0 Å². The van der Waals surface area contributed by atoms with Crippen LogP contribution in [0.15, 0.2) is 21.5 Å². The van der Waals surface area contributed by atoms with Gasteiger partial charge in [-0.25, -0.2) is 13.1 Å². The van der Waals surface area contributed by atoms with Crippen molar-refractivity contribution in [2.75, 3.05) is 13.7 Å². The van der Waals surface area contributed by atoms with Gasteiger partial charge in [-0.3, -0.25) is 0 Å². The Morgan fingerprint density at radius 3 is 2.53 bits per heavy atom. The molecule has 0 aliphatic rings. The number of methoxy groups -OCH3 is 1. The van der Waals surface area contributed by atoms with Crippen LogP contribution in [-0.2, 0) is 10.0 Å². The van der Waals surface area contributed by atoms with Crippen LogP contribution in [-0.4, -0.2) is 27.6 Å². The molecule has 0 bridgehead atoms. The third-order valence-corrected chi connectivity index (χ3v) is 4.90. The van der Waals surface area contributed by atoms with Crippen LogP contribution in [0.3, 0.4) is 0 Å². The number of nitrogens with two attached hydrogens (primary N) is 1. The lowest BCUT2D eigenvalue weighted by atomic mass is 10.1. The number of rotatable bonds is 5.